The maximum absolute atomic E-state index is 14.5. The zero-order valence-electron chi connectivity index (χ0n) is 14.2. The largest absolute Gasteiger partial charge is 0.442 e. The average molecular weight is 357 g/mol. The van der Waals surface area contributed by atoms with E-state index in [0.29, 0.717) is 24.6 Å². The predicted octanol–water partition coefficient (Wildman–Crippen LogP) is 1.64. The second-order valence-electron chi connectivity index (χ2n) is 6.07. The third-order valence-corrected chi connectivity index (χ3v) is 4.01. The summed E-state index contributed by atoms with van der Waals surface area (Å²) in [5, 5.41) is 11.9. The van der Waals surface area contributed by atoms with Crippen LogP contribution < -0.4 is 4.90 Å². The fourth-order valence-electron chi connectivity index (χ4n) is 2.83. The molecule has 0 radical (unpaired) electrons. The Kier molecular flexibility index (Phi) is 3.86. The Balaban J connectivity index is 1.52. The summed E-state index contributed by atoms with van der Waals surface area (Å²) in [6.07, 6.45) is 2.30. The standard InChI is InChI=1S/C16H16FN7O2/c1-10-6-22(21-19-10)7-13-8-23(16(25)26-13)12-3-4-15(14(17)5-12)24-9-18-11(2)20-24/h3-6,9,13H,7-8H2,1-2H3/t13-/m0/s1. The number of anilines is 1. The monoisotopic (exact) mass is 357 g/mol. The van der Waals surface area contributed by atoms with Crippen LogP contribution in [0.5, 0.6) is 0 Å². The van der Waals surface area contributed by atoms with Crippen LogP contribution in [0, 0.1) is 19.7 Å². The van der Waals surface area contributed by atoms with E-state index in [2.05, 4.69) is 20.4 Å². The summed E-state index contributed by atoms with van der Waals surface area (Å²) in [6, 6.07) is 4.49. The van der Waals surface area contributed by atoms with Gasteiger partial charge in [-0.25, -0.2) is 23.5 Å². The molecule has 0 aliphatic carbocycles. The second kappa shape index (κ2) is 6.21. The minimum absolute atomic E-state index is 0.261. The van der Waals surface area contributed by atoms with E-state index < -0.39 is 11.9 Å². The molecule has 0 bridgehead atoms. The number of nitrogens with zero attached hydrogens (tertiary/aromatic N) is 7. The van der Waals surface area contributed by atoms with Crippen molar-refractivity contribution in [3.8, 4) is 5.69 Å². The zero-order valence-corrected chi connectivity index (χ0v) is 14.2. The van der Waals surface area contributed by atoms with Gasteiger partial charge in [0.25, 0.3) is 0 Å². The molecule has 1 atom stereocenters. The topological polar surface area (TPSA) is 91.0 Å². The number of aromatic nitrogens is 6. The van der Waals surface area contributed by atoms with Crippen LogP contribution >= 0.6 is 0 Å². The maximum atomic E-state index is 14.5. The lowest BCUT2D eigenvalue weighted by Gasteiger charge is -2.14. The van der Waals surface area contributed by atoms with Gasteiger partial charge in [0.2, 0.25) is 0 Å². The van der Waals surface area contributed by atoms with Gasteiger partial charge in [-0.2, -0.15) is 5.10 Å². The van der Waals surface area contributed by atoms with Crippen LogP contribution in [0.15, 0.2) is 30.7 Å². The molecule has 0 spiro atoms. The first kappa shape index (κ1) is 16.2. The molecule has 3 aromatic rings. The van der Waals surface area contributed by atoms with Crippen LogP contribution in [0.3, 0.4) is 0 Å². The highest BCUT2D eigenvalue weighted by molar-refractivity contribution is 5.89. The molecule has 2 aromatic heterocycles. The van der Waals surface area contributed by atoms with Gasteiger partial charge in [0.15, 0.2) is 5.82 Å². The van der Waals surface area contributed by atoms with Crippen molar-refractivity contribution in [2.75, 3.05) is 11.4 Å². The molecule has 3 heterocycles. The summed E-state index contributed by atoms with van der Waals surface area (Å²) in [6.45, 7) is 4.25. The van der Waals surface area contributed by atoms with Crippen molar-refractivity contribution in [2.45, 2.75) is 26.5 Å². The van der Waals surface area contributed by atoms with Gasteiger partial charge < -0.3 is 4.74 Å². The Morgan fingerprint density at radius 1 is 1.35 bits per heavy atom. The van der Waals surface area contributed by atoms with E-state index in [1.807, 2.05) is 6.92 Å². The van der Waals surface area contributed by atoms with Crippen LogP contribution in [0.2, 0.25) is 0 Å². The number of benzene rings is 1. The van der Waals surface area contributed by atoms with E-state index in [-0.39, 0.29) is 11.8 Å². The lowest BCUT2D eigenvalue weighted by Crippen LogP contribution is -2.26. The van der Waals surface area contributed by atoms with Gasteiger partial charge in [0.05, 0.1) is 24.5 Å². The van der Waals surface area contributed by atoms with Gasteiger partial charge in [-0.15, -0.1) is 5.10 Å². The molecule has 0 N–H and O–H groups in total. The van der Waals surface area contributed by atoms with E-state index in [1.165, 1.54) is 22.0 Å². The molecule has 4 rings (SSSR count). The number of halogens is 1. The van der Waals surface area contributed by atoms with Gasteiger partial charge >= 0.3 is 6.09 Å². The van der Waals surface area contributed by atoms with E-state index in [4.69, 9.17) is 4.74 Å². The highest BCUT2D eigenvalue weighted by Crippen LogP contribution is 2.25. The molecule has 1 saturated heterocycles. The fraction of sp³-hybridized carbons (Fsp3) is 0.312. The highest BCUT2D eigenvalue weighted by atomic mass is 19.1. The Bertz CT molecular complexity index is 967. The normalized spacial score (nSPS) is 17.0. The van der Waals surface area contributed by atoms with Crippen molar-refractivity contribution < 1.29 is 13.9 Å². The molecular weight excluding hydrogens is 341 g/mol. The van der Waals surface area contributed by atoms with Gasteiger partial charge in [0, 0.05) is 6.20 Å². The van der Waals surface area contributed by atoms with Crippen molar-refractivity contribution in [1.29, 1.82) is 0 Å². The number of ether oxygens (including phenoxy) is 1. The Morgan fingerprint density at radius 2 is 2.19 bits per heavy atom. The molecule has 1 aromatic carbocycles. The van der Waals surface area contributed by atoms with Crippen molar-refractivity contribution in [2.24, 2.45) is 0 Å². The van der Waals surface area contributed by atoms with Crippen molar-refractivity contribution in [3.05, 3.63) is 48.1 Å². The third-order valence-electron chi connectivity index (χ3n) is 4.01. The predicted molar refractivity (Wildman–Crippen MR) is 88.4 cm³/mol. The third kappa shape index (κ3) is 3.01. The van der Waals surface area contributed by atoms with E-state index >= 15 is 0 Å². The first-order valence-electron chi connectivity index (χ1n) is 8.02. The first-order valence-corrected chi connectivity index (χ1v) is 8.02. The maximum Gasteiger partial charge on any atom is 0.414 e. The average Bonchev–Trinajstić information content (AvgIpc) is 3.29. The van der Waals surface area contributed by atoms with Crippen LogP contribution in [0.1, 0.15) is 11.5 Å². The molecule has 1 aliphatic heterocycles. The van der Waals surface area contributed by atoms with E-state index in [9.17, 15) is 9.18 Å². The molecule has 1 aliphatic rings. The van der Waals surface area contributed by atoms with Crippen LogP contribution in [0.25, 0.3) is 5.69 Å². The zero-order chi connectivity index (χ0) is 18.3. The number of cyclic esters (lactones) is 1. The highest BCUT2D eigenvalue weighted by Gasteiger charge is 2.33. The number of aryl methyl sites for hydroxylation is 2. The Morgan fingerprint density at radius 3 is 2.85 bits per heavy atom. The smallest absolute Gasteiger partial charge is 0.414 e. The number of rotatable bonds is 4. The van der Waals surface area contributed by atoms with Crippen molar-refractivity contribution in [1.82, 2.24) is 29.8 Å². The second-order valence-corrected chi connectivity index (χ2v) is 6.07. The van der Waals surface area contributed by atoms with E-state index in [0.717, 1.165) is 5.69 Å². The number of carbonyl (C=O) groups is 1. The van der Waals surface area contributed by atoms with Gasteiger partial charge in [-0.3, -0.25) is 4.90 Å². The first-order chi connectivity index (χ1) is 12.5. The van der Waals surface area contributed by atoms with Crippen LogP contribution in [0.4, 0.5) is 14.9 Å². The minimum Gasteiger partial charge on any atom is -0.442 e. The minimum atomic E-state index is -0.518. The summed E-state index contributed by atoms with van der Waals surface area (Å²) in [5.74, 6) is 0.0401. The van der Waals surface area contributed by atoms with Crippen LogP contribution in [-0.4, -0.2) is 48.5 Å². The summed E-state index contributed by atoms with van der Waals surface area (Å²) in [7, 11) is 0. The summed E-state index contributed by atoms with van der Waals surface area (Å²) < 4.78 is 22.8. The lowest BCUT2D eigenvalue weighted by molar-refractivity contribution is 0.129. The molecule has 10 heteroatoms. The lowest BCUT2D eigenvalue weighted by atomic mass is 10.2. The molecule has 0 saturated carbocycles. The SMILES string of the molecule is Cc1cn(C[C@H]2CN(c3ccc(-n4cnc(C)n4)c(F)c3)C(=O)O2)nn1. The van der Waals surface area contributed by atoms with Gasteiger partial charge in [-0.05, 0) is 32.0 Å². The van der Waals surface area contributed by atoms with Crippen molar-refractivity contribution in [3.63, 3.8) is 0 Å². The number of hydrogen-bond acceptors (Lipinski definition) is 6. The number of amides is 1. The molecular formula is C16H16FN7O2. The van der Waals surface area contributed by atoms with E-state index in [1.54, 1.807) is 29.9 Å². The molecule has 0 unspecified atom stereocenters. The quantitative estimate of drug-likeness (QED) is 0.705. The molecule has 26 heavy (non-hydrogen) atoms. The molecule has 134 valence electrons. The van der Waals surface area contributed by atoms with Gasteiger partial charge in [0.1, 0.15) is 23.9 Å². The summed E-state index contributed by atoms with van der Waals surface area (Å²) in [4.78, 5) is 17.5. The van der Waals surface area contributed by atoms with Crippen molar-refractivity contribution >= 4 is 11.8 Å². The Hall–Kier alpha value is -3.30. The number of hydrogen-bond donors (Lipinski definition) is 0. The molecule has 9 nitrogen and oxygen atoms in total. The fourth-order valence-corrected chi connectivity index (χ4v) is 2.83. The molecule has 1 amide bonds. The van der Waals surface area contributed by atoms with Crippen LogP contribution in [-0.2, 0) is 11.3 Å². The number of carbonyl (C=O) groups excluding carboxylic acids is 1. The Labute approximate surface area is 148 Å². The molecule has 1 fully saturated rings. The summed E-state index contributed by atoms with van der Waals surface area (Å²) in [5.41, 5.74) is 1.47. The van der Waals surface area contributed by atoms with Gasteiger partial charge in [-0.1, -0.05) is 5.21 Å². The summed E-state index contributed by atoms with van der Waals surface area (Å²) >= 11 is 0.